The van der Waals surface area contributed by atoms with E-state index in [-0.39, 0.29) is 18.5 Å². The third-order valence-electron chi connectivity index (χ3n) is 3.41. The quantitative estimate of drug-likeness (QED) is 0.640. The number of carbonyl (C=O) groups excluding carboxylic acids is 3. The van der Waals surface area contributed by atoms with E-state index >= 15 is 0 Å². The van der Waals surface area contributed by atoms with Gasteiger partial charge in [0.05, 0.1) is 11.1 Å². The molecule has 0 saturated heterocycles. The maximum atomic E-state index is 13.2. The van der Waals surface area contributed by atoms with Gasteiger partial charge in [0.25, 0.3) is 11.8 Å². The van der Waals surface area contributed by atoms with Gasteiger partial charge in [0.2, 0.25) is 5.91 Å². The molecule has 9 heteroatoms. The Bertz CT molecular complexity index is 851. The minimum absolute atomic E-state index is 0.0212. The second-order valence-electron chi connectivity index (χ2n) is 5.46. The highest BCUT2D eigenvalue weighted by Gasteiger charge is 2.15. The van der Waals surface area contributed by atoms with E-state index in [0.717, 1.165) is 6.07 Å². The molecule has 0 aliphatic rings. The van der Waals surface area contributed by atoms with Gasteiger partial charge >= 0.3 is 0 Å². The molecule has 0 aliphatic carbocycles. The number of rotatable bonds is 5. The van der Waals surface area contributed by atoms with Crippen LogP contribution in [-0.2, 0) is 4.79 Å². The highest BCUT2D eigenvalue weighted by molar-refractivity contribution is 9.10. The van der Waals surface area contributed by atoms with Crippen LogP contribution in [0.1, 0.15) is 38.7 Å². The van der Waals surface area contributed by atoms with Crippen LogP contribution in [0.4, 0.5) is 4.39 Å². The molecule has 0 bridgehead atoms. The Morgan fingerprint density at radius 2 is 1.81 bits per heavy atom. The molecule has 1 aromatic heterocycles. The van der Waals surface area contributed by atoms with Crippen molar-refractivity contribution in [2.45, 2.75) is 20.3 Å². The molecule has 1 aromatic carbocycles. The Morgan fingerprint density at radius 3 is 2.46 bits per heavy atom. The largest absolute Gasteiger partial charge is 0.466 e. The lowest BCUT2D eigenvalue weighted by Gasteiger charge is -2.08. The Morgan fingerprint density at radius 1 is 1.08 bits per heavy atom. The zero-order valence-electron chi connectivity index (χ0n) is 14.1. The summed E-state index contributed by atoms with van der Waals surface area (Å²) in [4.78, 5) is 35.6. The lowest BCUT2D eigenvalue weighted by molar-refractivity contribution is -0.121. The van der Waals surface area contributed by atoms with Gasteiger partial charge in [-0.2, -0.15) is 0 Å². The molecule has 0 spiro atoms. The van der Waals surface area contributed by atoms with E-state index in [4.69, 9.17) is 4.42 Å². The minimum atomic E-state index is -0.538. The Balaban J connectivity index is 1.77. The van der Waals surface area contributed by atoms with Gasteiger partial charge in [-0.3, -0.25) is 25.2 Å². The van der Waals surface area contributed by atoms with Gasteiger partial charge < -0.3 is 9.73 Å². The molecule has 138 valence electrons. The van der Waals surface area contributed by atoms with Crippen molar-refractivity contribution in [1.82, 2.24) is 16.2 Å². The van der Waals surface area contributed by atoms with Crippen molar-refractivity contribution in [3.63, 3.8) is 0 Å². The Labute approximate surface area is 157 Å². The van der Waals surface area contributed by atoms with Gasteiger partial charge in [-0.25, -0.2) is 4.39 Å². The van der Waals surface area contributed by atoms with Crippen LogP contribution in [0.5, 0.6) is 0 Å². The van der Waals surface area contributed by atoms with Gasteiger partial charge in [0, 0.05) is 17.4 Å². The summed E-state index contributed by atoms with van der Waals surface area (Å²) in [6, 6.07) is 5.30. The lowest BCUT2D eigenvalue weighted by Crippen LogP contribution is -2.42. The number of hydrazine groups is 1. The summed E-state index contributed by atoms with van der Waals surface area (Å²) >= 11 is 3.16. The van der Waals surface area contributed by atoms with E-state index in [1.165, 1.54) is 12.1 Å². The number of halogens is 2. The molecular formula is C17H17BrFN3O4. The first-order chi connectivity index (χ1) is 12.3. The van der Waals surface area contributed by atoms with Crippen LogP contribution in [-0.4, -0.2) is 24.3 Å². The Hall–Kier alpha value is -2.68. The first-order valence-corrected chi connectivity index (χ1v) is 8.46. The standard InChI is InChI=1S/C17H17BrFN3O4/c1-9-7-12(10(2)26-9)17(25)22-21-15(23)5-6-20-16(24)13-8-11(19)3-4-14(13)18/h3-4,7-8H,5-6H2,1-2H3,(H,20,24)(H,21,23)(H,22,25). The average molecular weight is 426 g/mol. The van der Waals surface area contributed by atoms with Crippen LogP contribution >= 0.6 is 15.9 Å². The van der Waals surface area contributed by atoms with Crippen LogP contribution in [0, 0.1) is 19.7 Å². The van der Waals surface area contributed by atoms with Gasteiger partial charge in [-0.15, -0.1) is 0 Å². The molecule has 1 heterocycles. The molecular weight excluding hydrogens is 409 g/mol. The molecule has 7 nitrogen and oxygen atoms in total. The monoisotopic (exact) mass is 425 g/mol. The SMILES string of the molecule is Cc1cc(C(=O)NNC(=O)CCNC(=O)c2cc(F)ccc2Br)c(C)o1. The van der Waals surface area contributed by atoms with E-state index in [1.807, 2.05) is 0 Å². The van der Waals surface area contributed by atoms with Crippen molar-refractivity contribution in [3.8, 4) is 0 Å². The number of carbonyl (C=O) groups is 3. The first-order valence-electron chi connectivity index (χ1n) is 7.67. The van der Waals surface area contributed by atoms with Crippen molar-refractivity contribution in [2.75, 3.05) is 6.54 Å². The van der Waals surface area contributed by atoms with E-state index in [2.05, 4.69) is 32.1 Å². The van der Waals surface area contributed by atoms with Crippen LogP contribution in [0.15, 0.2) is 33.2 Å². The van der Waals surface area contributed by atoms with E-state index in [9.17, 15) is 18.8 Å². The predicted molar refractivity (Wildman–Crippen MR) is 94.8 cm³/mol. The highest BCUT2D eigenvalue weighted by atomic mass is 79.9. The summed E-state index contributed by atoms with van der Waals surface area (Å²) in [7, 11) is 0. The van der Waals surface area contributed by atoms with Gasteiger partial charge in [0.15, 0.2) is 0 Å². The van der Waals surface area contributed by atoms with Crippen molar-refractivity contribution in [2.24, 2.45) is 0 Å². The molecule has 2 rings (SSSR count). The van der Waals surface area contributed by atoms with Crippen molar-refractivity contribution in [3.05, 3.63) is 57.2 Å². The first kappa shape index (κ1) is 19.6. The second-order valence-corrected chi connectivity index (χ2v) is 6.31. The fourth-order valence-corrected chi connectivity index (χ4v) is 2.60. The number of aryl methyl sites for hydroxylation is 2. The van der Waals surface area contributed by atoms with Crippen LogP contribution in [0.25, 0.3) is 0 Å². The van der Waals surface area contributed by atoms with Gasteiger partial charge in [0.1, 0.15) is 17.3 Å². The molecule has 0 saturated carbocycles. The molecule has 0 fully saturated rings. The second kappa shape index (κ2) is 8.61. The van der Waals surface area contributed by atoms with Gasteiger partial charge in [-0.05, 0) is 54.0 Å². The number of nitrogens with one attached hydrogen (secondary N) is 3. The molecule has 3 amide bonds. The maximum absolute atomic E-state index is 13.2. The third-order valence-corrected chi connectivity index (χ3v) is 4.10. The van der Waals surface area contributed by atoms with Crippen molar-refractivity contribution in [1.29, 1.82) is 0 Å². The van der Waals surface area contributed by atoms with Crippen LogP contribution in [0.2, 0.25) is 0 Å². The molecule has 0 aliphatic heterocycles. The fraction of sp³-hybridized carbons (Fsp3) is 0.235. The third kappa shape index (κ3) is 5.16. The number of furan rings is 1. The number of amides is 3. The zero-order valence-corrected chi connectivity index (χ0v) is 15.7. The molecule has 2 aromatic rings. The number of hydrogen-bond donors (Lipinski definition) is 3. The summed E-state index contributed by atoms with van der Waals surface area (Å²) in [5.74, 6) is -1.01. The average Bonchev–Trinajstić information content (AvgIpc) is 2.93. The van der Waals surface area contributed by atoms with E-state index in [1.54, 1.807) is 19.9 Å². The Kier molecular flexibility index (Phi) is 6.51. The molecule has 3 N–H and O–H groups in total. The topological polar surface area (TPSA) is 100 Å². The van der Waals surface area contributed by atoms with Crippen LogP contribution in [0.3, 0.4) is 0 Å². The van der Waals surface area contributed by atoms with Crippen LogP contribution < -0.4 is 16.2 Å². The minimum Gasteiger partial charge on any atom is -0.466 e. The van der Waals surface area contributed by atoms with Crippen molar-refractivity contribution < 1.29 is 23.2 Å². The predicted octanol–water partition coefficient (Wildman–Crippen LogP) is 2.38. The number of hydrogen-bond acceptors (Lipinski definition) is 4. The fourth-order valence-electron chi connectivity index (χ4n) is 2.17. The maximum Gasteiger partial charge on any atom is 0.273 e. The highest BCUT2D eigenvalue weighted by Crippen LogP contribution is 2.17. The summed E-state index contributed by atoms with van der Waals surface area (Å²) in [6.07, 6.45) is -0.0671. The summed E-state index contributed by atoms with van der Waals surface area (Å²) in [6.45, 7) is 3.37. The molecule has 0 radical (unpaired) electrons. The van der Waals surface area contributed by atoms with E-state index < -0.39 is 23.5 Å². The zero-order chi connectivity index (χ0) is 19.3. The van der Waals surface area contributed by atoms with Gasteiger partial charge in [-0.1, -0.05) is 0 Å². The lowest BCUT2D eigenvalue weighted by atomic mass is 10.2. The summed E-state index contributed by atoms with van der Waals surface area (Å²) in [5.41, 5.74) is 4.98. The molecule has 0 unspecified atom stereocenters. The summed E-state index contributed by atoms with van der Waals surface area (Å²) < 4.78 is 18.9. The smallest absolute Gasteiger partial charge is 0.273 e. The molecule has 26 heavy (non-hydrogen) atoms. The normalized spacial score (nSPS) is 10.3. The van der Waals surface area contributed by atoms with Crippen molar-refractivity contribution >= 4 is 33.7 Å². The summed E-state index contributed by atoms with van der Waals surface area (Å²) in [5, 5.41) is 2.51. The molecule has 0 atom stereocenters. The number of benzene rings is 1. The van der Waals surface area contributed by atoms with E-state index in [0.29, 0.717) is 21.6 Å².